The number of nitrogens with one attached hydrogen (secondary N) is 2. The number of rotatable bonds is 6. The molecule has 2 aromatic heterocycles. The van der Waals surface area contributed by atoms with Crippen LogP contribution in [-0.2, 0) is 21.4 Å². The summed E-state index contributed by atoms with van der Waals surface area (Å²) in [5.41, 5.74) is 3.98. The lowest BCUT2D eigenvalue weighted by atomic mass is 9.73. The Hall–Kier alpha value is -3.27. The molecule has 200 valence electrons. The summed E-state index contributed by atoms with van der Waals surface area (Å²) in [6.45, 7) is 11.4. The number of hydrogen-bond acceptors (Lipinski definition) is 9. The molecule has 0 saturated carbocycles. The molecule has 0 radical (unpaired) electrons. The minimum atomic E-state index is -0.232. The number of benzene rings is 1. The molecule has 2 N–H and O–H groups in total. The third-order valence-corrected chi connectivity index (χ3v) is 8.04. The number of pyridine rings is 1. The van der Waals surface area contributed by atoms with Gasteiger partial charge in [-0.1, -0.05) is 6.92 Å². The summed E-state index contributed by atoms with van der Waals surface area (Å²) < 4.78 is 11.8. The highest BCUT2D eigenvalue weighted by Crippen LogP contribution is 2.53. The number of morpholine rings is 1. The molecule has 9 nitrogen and oxygen atoms in total. The van der Waals surface area contributed by atoms with Crippen LogP contribution >= 0.6 is 0 Å². The highest BCUT2D eigenvalue weighted by molar-refractivity contribution is 5.71. The molecular weight excluding hydrogens is 478 g/mol. The lowest BCUT2D eigenvalue weighted by Crippen LogP contribution is -2.54. The van der Waals surface area contributed by atoms with Gasteiger partial charge in [-0.15, -0.1) is 0 Å². The van der Waals surface area contributed by atoms with Crippen molar-refractivity contribution in [1.82, 2.24) is 20.3 Å². The number of ether oxygens (including phenoxy) is 2. The molecule has 2 atom stereocenters. The van der Waals surface area contributed by atoms with Crippen molar-refractivity contribution in [3.05, 3.63) is 59.9 Å². The van der Waals surface area contributed by atoms with Crippen LogP contribution in [-0.4, -0.2) is 66.6 Å². The fraction of sp³-hybridized carbons (Fsp3) is 0.483. The summed E-state index contributed by atoms with van der Waals surface area (Å²) in [5.74, 6) is 2.38. The van der Waals surface area contributed by atoms with Crippen molar-refractivity contribution < 1.29 is 9.47 Å². The van der Waals surface area contributed by atoms with E-state index in [0.717, 1.165) is 62.2 Å². The molecule has 0 unspecified atom stereocenters. The van der Waals surface area contributed by atoms with E-state index in [1.54, 1.807) is 0 Å². The Labute approximate surface area is 224 Å². The van der Waals surface area contributed by atoms with Crippen LogP contribution in [0.15, 0.2) is 48.8 Å². The Morgan fingerprint density at radius 2 is 1.84 bits per heavy atom. The zero-order valence-electron chi connectivity index (χ0n) is 22.7. The molecule has 9 heteroatoms. The van der Waals surface area contributed by atoms with Crippen LogP contribution in [0.5, 0.6) is 0 Å². The predicted molar refractivity (Wildman–Crippen MR) is 150 cm³/mol. The maximum Gasteiger partial charge on any atom is 0.229 e. The second-order valence-electron chi connectivity index (χ2n) is 11.3. The number of hydrogen-bond donors (Lipinski definition) is 2. The summed E-state index contributed by atoms with van der Waals surface area (Å²) >= 11 is 0. The summed E-state index contributed by atoms with van der Waals surface area (Å²) in [7, 11) is 1.96. The van der Waals surface area contributed by atoms with Crippen LogP contribution in [0.1, 0.15) is 38.3 Å². The molecule has 6 rings (SSSR count). The third-order valence-electron chi connectivity index (χ3n) is 8.04. The average molecular weight is 516 g/mol. The Morgan fingerprint density at radius 1 is 1.05 bits per heavy atom. The Bertz CT molecular complexity index is 1290. The van der Waals surface area contributed by atoms with Gasteiger partial charge in [-0.2, -0.15) is 4.98 Å². The van der Waals surface area contributed by atoms with Crippen LogP contribution in [0.25, 0.3) is 0 Å². The largest absolute Gasteiger partial charge is 0.378 e. The summed E-state index contributed by atoms with van der Waals surface area (Å²) in [6, 6.07) is 12.8. The summed E-state index contributed by atoms with van der Waals surface area (Å²) in [5, 5.41) is 6.67. The Balaban J connectivity index is 1.33. The van der Waals surface area contributed by atoms with E-state index < -0.39 is 0 Å². The molecule has 3 aromatic rings. The lowest BCUT2D eigenvalue weighted by molar-refractivity contribution is -0.0893. The second kappa shape index (κ2) is 9.80. The zero-order chi connectivity index (χ0) is 26.3. The van der Waals surface area contributed by atoms with E-state index in [-0.39, 0.29) is 17.1 Å². The van der Waals surface area contributed by atoms with Gasteiger partial charge in [-0.25, -0.2) is 9.97 Å². The van der Waals surface area contributed by atoms with E-state index in [1.165, 1.54) is 11.3 Å². The van der Waals surface area contributed by atoms with Crippen LogP contribution in [0, 0.1) is 0 Å². The molecular formula is C29H37N7O2. The third kappa shape index (κ3) is 4.59. The van der Waals surface area contributed by atoms with Crippen molar-refractivity contribution in [2.24, 2.45) is 0 Å². The standard InChI is InChI=1S/C29H37N7O2/c1-28(2)16-24-29(3,19-38-28)23-18-32-27(33-21-5-7-22(8-6-21)35-11-13-37-14-12-35)34-26(23)36(24)25-15-20(17-30-4)9-10-31-25/h5-10,15,18,24,30H,11-14,16-17,19H2,1-4H3,(H,32,33,34)/t24-,29-/m0/s1. The first-order chi connectivity index (χ1) is 18.4. The number of fused-ring (bicyclic) bond motifs is 3. The summed E-state index contributed by atoms with van der Waals surface area (Å²) in [4.78, 5) is 19.3. The van der Waals surface area contributed by atoms with Gasteiger partial charge >= 0.3 is 0 Å². The zero-order valence-corrected chi connectivity index (χ0v) is 22.7. The van der Waals surface area contributed by atoms with E-state index in [4.69, 9.17) is 24.4 Å². The molecule has 38 heavy (non-hydrogen) atoms. The minimum Gasteiger partial charge on any atom is -0.378 e. The molecule has 0 spiro atoms. The Morgan fingerprint density at radius 3 is 2.61 bits per heavy atom. The second-order valence-corrected chi connectivity index (χ2v) is 11.3. The highest BCUT2D eigenvalue weighted by atomic mass is 16.5. The maximum absolute atomic E-state index is 6.33. The molecule has 5 heterocycles. The van der Waals surface area contributed by atoms with E-state index >= 15 is 0 Å². The maximum atomic E-state index is 6.33. The monoisotopic (exact) mass is 515 g/mol. The fourth-order valence-electron chi connectivity index (χ4n) is 5.87. The first-order valence-corrected chi connectivity index (χ1v) is 13.5. The van der Waals surface area contributed by atoms with Crippen molar-refractivity contribution in [3.63, 3.8) is 0 Å². The van der Waals surface area contributed by atoms with Gasteiger partial charge < -0.3 is 29.9 Å². The van der Waals surface area contributed by atoms with E-state index in [0.29, 0.717) is 12.6 Å². The summed E-state index contributed by atoms with van der Waals surface area (Å²) in [6.07, 6.45) is 4.72. The smallest absolute Gasteiger partial charge is 0.229 e. The van der Waals surface area contributed by atoms with Gasteiger partial charge in [-0.05, 0) is 69.3 Å². The van der Waals surface area contributed by atoms with Crippen molar-refractivity contribution in [2.75, 3.05) is 55.1 Å². The van der Waals surface area contributed by atoms with Crippen LogP contribution in [0.3, 0.4) is 0 Å². The number of nitrogens with zero attached hydrogens (tertiary/aromatic N) is 5. The van der Waals surface area contributed by atoms with Gasteiger partial charge in [0.2, 0.25) is 5.95 Å². The first kappa shape index (κ1) is 25.0. The van der Waals surface area contributed by atoms with Gasteiger partial charge in [0.25, 0.3) is 0 Å². The fourth-order valence-corrected chi connectivity index (χ4v) is 5.87. The average Bonchev–Trinajstić information content (AvgIpc) is 3.17. The molecule has 1 aromatic carbocycles. The van der Waals surface area contributed by atoms with Crippen molar-refractivity contribution in [3.8, 4) is 0 Å². The molecule has 3 aliphatic rings. The van der Waals surface area contributed by atoms with Gasteiger partial charge in [0.1, 0.15) is 11.6 Å². The van der Waals surface area contributed by atoms with Crippen LogP contribution < -0.4 is 20.4 Å². The molecule has 0 amide bonds. The Kier molecular flexibility index (Phi) is 6.45. The molecule has 2 saturated heterocycles. The predicted octanol–water partition coefficient (Wildman–Crippen LogP) is 4.15. The van der Waals surface area contributed by atoms with Gasteiger partial charge in [-0.3, -0.25) is 0 Å². The van der Waals surface area contributed by atoms with Crippen molar-refractivity contribution in [1.29, 1.82) is 0 Å². The van der Waals surface area contributed by atoms with Crippen molar-refractivity contribution in [2.45, 2.75) is 50.8 Å². The molecule has 0 bridgehead atoms. The van der Waals surface area contributed by atoms with Crippen molar-refractivity contribution >= 4 is 29.0 Å². The molecule has 2 fully saturated rings. The number of anilines is 5. The quantitative estimate of drug-likeness (QED) is 0.503. The van der Waals surface area contributed by atoms with Crippen LogP contribution in [0.2, 0.25) is 0 Å². The van der Waals surface area contributed by atoms with Gasteiger partial charge in [0.05, 0.1) is 31.5 Å². The van der Waals surface area contributed by atoms with E-state index in [2.05, 4.69) is 77.6 Å². The SMILES string of the molecule is CNCc1ccnc(N2c3nc(Nc4ccc(N5CCOCC5)cc4)ncc3[C@]3(C)COC(C)(C)C[C@H]23)c1. The molecule has 3 aliphatic heterocycles. The highest BCUT2D eigenvalue weighted by Gasteiger charge is 2.55. The first-order valence-electron chi connectivity index (χ1n) is 13.5. The topological polar surface area (TPSA) is 87.7 Å². The number of aromatic nitrogens is 3. The lowest BCUT2D eigenvalue weighted by Gasteiger charge is -2.46. The molecule has 0 aliphatic carbocycles. The van der Waals surface area contributed by atoms with Gasteiger partial charge in [0.15, 0.2) is 0 Å². The minimum absolute atomic E-state index is 0.163. The normalized spacial score (nSPS) is 24.2. The van der Waals surface area contributed by atoms with Crippen LogP contribution in [0.4, 0.5) is 29.0 Å². The van der Waals surface area contributed by atoms with Gasteiger partial charge in [0, 0.05) is 54.4 Å². The van der Waals surface area contributed by atoms with E-state index in [9.17, 15) is 0 Å². The van der Waals surface area contributed by atoms with E-state index in [1.807, 2.05) is 19.4 Å².